The fraction of sp³-hybridized carbons (Fsp3) is 0. The van der Waals surface area contributed by atoms with Crippen molar-refractivity contribution in [1.29, 1.82) is 0 Å². The second kappa shape index (κ2) is 12.8. The van der Waals surface area contributed by atoms with E-state index < -0.39 is 46.1 Å². The van der Waals surface area contributed by atoms with Gasteiger partial charge >= 0.3 is 46.1 Å². The molecule has 0 fully saturated rings. The average Bonchev–Trinajstić information content (AvgIpc) is 2.54. The first kappa shape index (κ1) is 28.6. The molecule has 0 spiro atoms. The molecule has 0 saturated carbocycles. The third-order valence-corrected chi connectivity index (χ3v) is 3.51. The van der Waals surface area contributed by atoms with Crippen LogP contribution >= 0.6 is 23.2 Å². The first-order valence-electron chi connectivity index (χ1n) is 6.50. The molecule has 2 rings (SSSR count). The maximum Gasteiger partial charge on any atom is 2.00 e. The van der Waals surface area contributed by atoms with E-state index in [1.54, 1.807) is 0 Å². The Morgan fingerprint density at radius 2 is 0.857 bits per heavy atom. The van der Waals surface area contributed by atoms with Crippen LogP contribution < -0.4 is 20.4 Å². The van der Waals surface area contributed by atoms with Crippen molar-refractivity contribution in [2.75, 3.05) is 0 Å². The number of carbonyl (C=O) groups is 4. The minimum absolute atomic E-state index is 0. The van der Waals surface area contributed by atoms with Gasteiger partial charge in [0.15, 0.2) is 0 Å². The third-order valence-electron chi connectivity index (χ3n) is 2.88. The fourth-order valence-electron chi connectivity index (χ4n) is 1.80. The number of benzene rings is 2. The van der Waals surface area contributed by atoms with Crippen molar-refractivity contribution in [3.63, 3.8) is 0 Å². The number of hydrogen-bond donors (Lipinski definition) is 0. The van der Waals surface area contributed by atoms with E-state index in [-0.39, 0.29) is 56.2 Å². The normalized spacial score (nSPS) is 8.93. The van der Waals surface area contributed by atoms with Crippen LogP contribution in [0.3, 0.4) is 0 Å². The van der Waals surface area contributed by atoms with Gasteiger partial charge in [-0.15, -0.1) is 0 Å². The van der Waals surface area contributed by atoms with Gasteiger partial charge in [-0.05, 0) is 12.1 Å². The molecule has 2 aromatic rings. The van der Waals surface area contributed by atoms with Gasteiger partial charge in [0, 0.05) is 22.3 Å². The molecule has 2 aromatic carbocycles. The minimum atomic E-state index is -1.63. The zero-order valence-corrected chi connectivity index (χ0v) is 18.2. The Morgan fingerprint density at radius 1 is 0.571 bits per heavy atom. The van der Waals surface area contributed by atoms with Crippen LogP contribution in [0.2, 0.25) is 10.0 Å². The van der Waals surface area contributed by atoms with Crippen LogP contribution in [-0.4, -0.2) is 70.0 Å². The third kappa shape index (κ3) is 7.45. The van der Waals surface area contributed by atoms with E-state index in [2.05, 4.69) is 0 Å². The number of halogens is 2. The van der Waals surface area contributed by atoms with Gasteiger partial charge in [-0.3, -0.25) is 0 Å². The van der Waals surface area contributed by atoms with Crippen molar-refractivity contribution in [1.82, 2.24) is 0 Å². The molecular formula is C16H6Cl2Mg2O8. The summed E-state index contributed by atoms with van der Waals surface area (Å²) in [6, 6.07) is 7.34. The summed E-state index contributed by atoms with van der Waals surface area (Å²) in [6.45, 7) is 0. The second-order valence-corrected chi connectivity index (χ2v) is 5.29. The van der Waals surface area contributed by atoms with Crippen LogP contribution in [0.25, 0.3) is 0 Å². The minimum Gasteiger partial charge on any atom is -0.545 e. The number of rotatable bonds is 4. The van der Waals surface area contributed by atoms with Crippen molar-refractivity contribution in [2.24, 2.45) is 0 Å². The van der Waals surface area contributed by atoms with Crippen LogP contribution in [0, 0.1) is 0 Å². The van der Waals surface area contributed by atoms with Crippen LogP contribution in [0.15, 0.2) is 36.4 Å². The molecule has 12 heteroatoms. The van der Waals surface area contributed by atoms with E-state index in [1.165, 1.54) is 24.3 Å². The average molecular weight is 446 g/mol. The van der Waals surface area contributed by atoms with Gasteiger partial charge in [-0.25, -0.2) is 0 Å². The zero-order chi connectivity index (χ0) is 20.0. The molecule has 0 bridgehead atoms. The molecule has 0 heterocycles. The van der Waals surface area contributed by atoms with Crippen molar-refractivity contribution in [3.05, 3.63) is 68.7 Å². The van der Waals surface area contributed by atoms with Crippen LogP contribution in [0.1, 0.15) is 41.4 Å². The van der Waals surface area contributed by atoms with Crippen LogP contribution in [0.4, 0.5) is 0 Å². The van der Waals surface area contributed by atoms with E-state index in [4.69, 9.17) is 23.2 Å². The van der Waals surface area contributed by atoms with Gasteiger partial charge in [-0.1, -0.05) is 47.5 Å². The molecule has 0 unspecified atom stereocenters. The Labute approximate surface area is 200 Å². The van der Waals surface area contributed by atoms with Gasteiger partial charge in [0.2, 0.25) is 0 Å². The summed E-state index contributed by atoms with van der Waals surface area (Å²) in [5.41, 5.74) is -2.06. The number of carboxylic acid groups (broad SMARTS) is 4. The van der Waals surface area contributed by atoms with Gasteiger partial charge in [0.1, 0.15) is 0 Å². The van der Waals surface area contributed by atoms with Crippen molar-refractivity contribution in [3.8, 4) is 0 Å². The molecule has 0 amide bonds. The molecular weight excluding hydrogens is 440 g/mol. The topological polar surface area (TPSA) is 161 Å². The summed E-state index contributed by atoms with van der Waals surface area (Å²) in [4.78, 5) is 41.8. The molecule has 28 heavy (non-hydrogen) atoms. The standard InChI is InChI=1S/2C8H5ClO4.2Mg/c2*9-5-3-1-2-4(7(10)11)6(5)8(12)13;;/h2*1-3H,(H,10,11)(H,12,13);;/q;;2*+2/p-4. The molecule has 8 nitrogen and oxygen atoms in total. The van der Waals surface area contributed by atoms with Crippen LogP contribution in [-0.2, 0) is 0 Å². The smallest absolute Gasteiger partial charge is 0.545 e. The summed E-state index contributed by atoms with van der Waals surface area (Å²) in [7, 11) is 0. The van der Waals surface area contributed by atoms with Crippen molar-refractivity contribution >= 4 is 93.2 Å². The molecule has 0 atom stereocenters. The van der Waals surface area contributed by atoms with E-state index >= 15 is 0 Å². The van der Waals surface area contributed by atoms with Gasteiger partial charge in [0.25, 0.3) is 0 Å². The van der Waals surface area contributed by atoms with Gasteiger partial charge in [0.05, 0.1) is 33.9 Å². The van der Waals surface area contributed by atoms with E-state index in [9.17, 15) is 39.6 Å². The predicted molar refractivity (Wildman–Crippen MR) is 91.7 cm³/mol. The molecule has 0 N–H and O–H groups in total. The summed E-state index contributed by atoms with van der Waals surface area (Å²) in [5.74, 6) is -6.46. The zero-order valence-electron chi connectivity index (χ0n) is 13.9. The molecule has 0 radical (unpaired) electrons. The number of aromatic carboxylic acids is 4. The molecule has 0 aromatic heterocycles. The molecule has 136 valence electrons. The monoisotopic (exact) mass is 444 g/mol. The maximum atomic E-state index is 10.5. The maximum absolute atomic E-state index is 10.5. The Bertz CT molecular complexity index is 829. The largest absolute Gasteiger partial charge is 2.00 e. The van der Waals surface area contributed by atoms with Crippen LogP contribution in [0.5, 0.6) is 0 Å². The Morgan fingerprint density at radius 3 is 1.04 bits per heavy atom. The van der Waals surface area contributed by atoms with E-state index in [1.807, 2.05) is 0 Å². The van der Waals surface area contributed by atoms with Crippen molar-refractivity contribution in [2.45, 2.75) is 0 Å². The fourth-order valence-corrected chi connectivity index (χ4v) is 2.31. The first-order chi connectivity index (χ1) is 12.1. The number of hydrogen-bond acceptors (Lipinski definition) is 8. The Hall–Kier alpha value is -1.57. The Kier molecular flexibility index (Phi) is 13.1. The van der Waals surface area contributed by atoms with Gasteiger partial charge < -0.3 is 39.6 Å². The molecule has 0 aliphatic carbocycles. The van der Waals surface area contributed by atoms with E-state index in [0.29, 0.717) is 0 Å². The predicted octanol–water partition coefficient (Wildman–Crippen LogP) is -2.63. The SMILES string of the molecule is O=C([O-])c1cccc(Cl)c1C(=O)[O-].O=C([O-])c1cccc(Cl)c1C(=O)[O-].[Mg+2].[Mg+2]. The summed E-state index contributed by atoms with van der Waals surface area (Å²) < 4.78 is 0. The quantitative estimate of drug-likeness (QED) is 0.462. The van der Waals surface area contributed by atoms with Crippen molar-refractivity contribution < 1.29 is 39.6 Å². The second-order valence-electron chi connectivity index (χ2n) is 4.47. The summed E-state index contributed by atoms with van der Waals surface area (Å²) in [6.07, 6.45) is 0. The molecule has 0 saturated heterocycles. The Balaban J connectivity index is 0. The number of carboxylic acids is 4. The summed E-state index contributed by atoms with van der Waals surface area (Å²) in [5, 5.41) is 41.4. The molecule has 0 aliphatic rings. The summed E-state index contributed by atoms with van der Waals surface area (Å²) >= 11 is 10.9. The van der Waals surface area contributed by atoms with Gasteiger partial charge in [-0.2, -0.15) is 0 Å². The van der Waals surface area contributed by atoms with E-state index in [0.717, 1.165) is 12.1 Å². The first-order valence-corrected chi connectivity index (χ1v) is 7.25. The number of carbonyl (C=O) groups excluding carboxylic acids is 4. The molecule has 0 aliphatic heterocycles.